The number of ether oxygens (including phenoxy) is 1. The first-order valence-electron chi connectivity index (χ1n) is 8.37. The second-order valence-corrected chi connectivity index (χ2v) is 7.30. The van der Waals surface area contributed by atoms with Crippen LogP contribution >= 0.6 is 0 Å². The molecule has 2 N–H and O–H groups in total. The second-order valence-electron chi connectivity index (χ2n) is 5.80. The zero-order valence-electron chi connectivity index (χ0n) is 15.0. The van der Waals surface area contributed by atoms with Crippen LogP contribution in [0.5, 0.6) is 5.88 Å². The van der Waals surface area contributed by atoms with Crippen LogP contribution in [0.15, 0.2) is 48.8 Å². The van der Waals surface area contributed by atoms with Crippen LogP contribution in [-0.2, 0) is 10.2 Å². The molecule has 0 aliphatic carbocycles. The molecule has 154 valence electrons. The first kappa shape index (κ1) is 20.7. The summed E-state index contributed by atoms with van der Waals surface area (Å²) in [4.78, 5) is 11.8. The summed E-state index contributed by atoms with van der Waals surface area (Å²) in [6.45, 7) is 1.61. The van der Waals surface area contributed by atoms with Gasteiger partial charge in [0.05, 0.1) is 11.0 Å². The minimum Gasteiger partial charge on any atom is -0.457 e. The van der Waals surface area contributed by atoms with Gasteiger partial charge in [0.1, 0.15) is 0 Å². The molecule has 3 rings (SSSR count). The molecule has 2 heterocycles. The van der Waals surface area contributed by atoms with Crippen molar-refractivity contribution in [3.63, 3.8) is 0 Å². The molecule has 0 saturated carbocycles. The van der Waals surface area contributed by atoms with E-state index in [1.807, 2.05) is 0 Å². The zero-order chi connectivity index (χ0) is 21.1. The van der Waals surface area contributed by atoms with Crippen LogP contribution in [0.2, 0.25) is 0 Å². The van der Waals surface area contributed by atoms with Gasteiger partial charge >= 0.3 is 6.18 Å². The SMILES string of the molecule is CCNS(=O)(=O)Nc1nc2ccccc2nc1OC(c1cccnc1)C(F)(F)F. The fraction of sp³-hybridized carbons (Fsp3) is 0.235. The molecule has 3 aromatic rings. The van der Waals surface area contributed by atoms with E-state index in [1.54, 1.807) is 25.1 Å². The lowest BCUT2D eigenvalue weighted by atomic mass is 10.1. The first-order valence-corrected chi connectivity index (χ1v) is 9.85. The standard InChI is InChI=1S/C17H16F3N5O3S/c1-2-22-29(26,27)25-15-16(24-13-8-4-3-7-12(13)23-15)28-14(17(18,19)20)11-6-5-9-21-10-11/h3-10,14,22H,2H2,1H3,(H,23,25). The van der Waals surface area contributed by atoms with Crippen molar-refractivity contribution in [3.8, 4) is 5.88 Å². The van der Waals surface area contributed by atoms with E-state index in [4.69, 9.17) is 4.74 Å². The minimum atomic E-state index is -4.81. The predicted molar refractivity (Wildman–Crippen MR) is 99.4 cm³/mol. The van der Waals surface area contributed by atoms with Crippen molar-refractivity contribution >= 4 is 27.1 Å². The number of rotatable bonds is 7. The fourth-order valence-electron chi connectivity index (χ4n) is 2.45. The third kappa shape index (κ3) is 5.09. The normalized spacial score (nSPS) is 13.2. The number of anilines is 1. The molecule has 0 aliphatic rings. The Morgan fingerprint density at radius 3 is 2.38 bits per heavy atom. The number of aromatic nitrogens is 3. The van der Waals surface area contributed by atoms with Crippen molar-refractivity contribution < 1.29 is 26.3 Å². The van der Waals surface area contributed by atoms with Crippen molar-refractivity contribution in [3.05, 3.63) is 54.4 Å². The van der Waals surface area contributed by atoms with E-state index in [-0.39, 0.29) is 23.1 Å². The zero-order valence-corrected chi connectivity index (χ0v) is 15.8. The Kier molecular flexibility index (Phi) is 5.84. The van der Waals surface area contributed by atoms with Crippen LogP contribution in [0.25, 0.3) is 11.0 Å². The van der Waals surface area contributed by atoms with Crippen LogP contribution in [-0.4, -0.2) is 36.1 Å². The maximum absolute atomic E-state index is 13.6. The number of fused-ring (bicyclic) bond motifs is 1. The molecule has 0 amide bonds. The average Bonchev–Trinajstić information content (AvgIpc) is 2.65. The highest BCUT2D eigenvalue weighted by Crippen LogP contribution is 2.38. The largest absolute Gasteiger partial charge is 0.457 e. The Bertz CT molecular complexity index is 1090. The lowest BCUT2D eigenvalue weighted by Crippen LogP contribution is -2.31. The summed E-state index contributed by atoms with van der Waals surface area (Å²) in [5, 5.41) is 0. The third-order valence-corrected chi connectivity index (χ3v) is 4.75. The van der Waals surface area contributed by atoms with Crippen molar-refractivity contribution in [1.82, 2.24) is 19.7 Å². The number of alkyl halides is 3. The monoisotopic (exact) mass is 427 g/mol. The topological polar surface area (TPSA) is 106 Å². The Morgan fingerprint density at radius 2 is 1.79 bits per heavy atom. The fourth-order valence-corrected chi connectivity index (χ4v) is 3.29. The van der Waals surface area contributed by atoms with Gasteiger partial charge in [-0.05, 0) is 18.2 Å². The lowest BCUT2D eigenvalue weighted by Gasteiger charge is -2.22. The maximum Gasteiger partial charge on any atom is 0.429 e. The van der Waals surface area contributed by atoms with Crippen molar-refractivity contribution in [2.45, 2.75) is 19.2 Å². The highest BCUT2D eigenvalue weighted by molar-refractivity contribution is 7.90. The Morgan fingerprint density at radius 1 is 1.10 bits per heavy atom. The van der Waals surface area contributed by atoms with E-state index in [2.05, 4.69) is 24.4 Å². The molecular formula is C17H16F3N5O3S. The maximum atomic E-state index is 13.6. The molecule has 1 aromatic carbocycles. The molecule has 12 heteroatoms. The van der Waals surface area contributed by atoms with E-state index in [0.717, 1.165) is 6.20 Å². The van der Waals surface area contributed by atoms with Crippen LogP contribution in [0.4, 0.5) is 19.0 Å². The van der Waals surface area contributed by atoms with Gasteiger partial charge in [0, 0.05) is 24.5 Å². The molecule has 1 unspecified atom stereocenters. The molecule has 0 spiro atoms. The molecule has 0 fully saturated rings. The summed E-state index contributed by atoms with van der Waals surface area (Å²) >= 11 is 0. The first-order chi connectivity index (χ1) is 13.7. The van der Waals surface area contributed by atoms with Crippen molar-refractivity contribution in [1.29, 1.82) is 0 Å². The molecule has 0 bridgehead atoms. The number of benzene rings is 1. The van der Waals surface area contributed by atoms with E-state index >= 15 is 0 Å². The van der Waals surface area contributed by atoms with Gasteiger partial charge in [-0.15, -0.1) is 0 Å². The number of hydrogen-bond donors (Lipinski definition) is 2. The van der Waals surface area contributed by atoms with E-state index in [9.17, 15) is 21.6 Å². The highest BCUT2D eigenvalue weighted by atomic mass is 32.2. The smallest absolute Gasteiger partial charge is 0.429 e. The summed E-state index contributed by atoms with van der Waals surface area (Å²) < 4.78 is 74.4. The van der Waals surface area contributed by atoms with E-state index < -0.39 is 34.2 Å². The summed E-state index contributed by atoms with van der Waals surface area (Å²) in [6, 6.07) is 8.84. The van der Waals surface area contributed by atoms with E-state index in [1.165, 1.54) is 24.4 Å². The van der Waals surface area contributed by atoms with Crippen LogP contribution in [0.3, 0.4) is 0 Å². The Balaban J connectivity index is 2.09. The molecule has 0 radical (unpaired) electrons. The number of hydrogen-bond acceptors (Lipinski definition) is 6. The molecular weight excluding hydrogens is 411 g/mol. The van der Waals surface area contributed by atoms with Gasteiger partial charge in [0.2, 0.25) is 11.9 Å². The quantitative estimate of drug-likeness (QED) is 0.601. The van der Waals surface area contributed by atoms with Gasteiger partial charge in [-0.25, -0.2) is 9.97 Å². The summed E-state index contributed by atoms with van der Waals surface area (Å²) in [6.07, 6.45) is -4.90. The number of para-hydroxylation sites is 2. The average molecular weight is 427 g/mol. The predicted octanol–water partition coefficient (Wildman–Crippen LogP) is 2.97. The molecule has 8 nitrogen and oxygen atoms in total. The van der Waals surface area contributed by atoms with Gasteiger partial charge in [0.15, 0.2) is 0 Å². The number of pyridine rings is 1. The van der Waals surface area contributed by atoms with Gasteiger partial charge in [-0.2, -0.15) is 26.3 Å². The molecule has 0 saturated heterocycles. The van der Waals surface area contributed by atoms with Crippen molar-refractivity contribution in [2.75, 3.05) is 11.3 Å². The van der Waals surface area contributed by atoms with E-state index in [0.29, 0.717) is 0 Å². The van der Waals surface area contributed by atoms with Crippen molar-refractivity contribution in [2.24, 2.45) is 0 Å². The number of nitrogens with zero attached hydrogens (tertiary/aromatic N) is 3. The van der Waals surface area contributed by atoms with Gasteiger partial charge in [0.25, 0.3) is 16.1 Å². The second kappa shape index (κ2) is 8.17. The molecule has 0 aliphatic heterocycles. The third-order valence-electron chi connectivity index (χ3n) is 3.62. The van der Waals surface area contributed by atoms with Crippen LogP contribution in [0.1, 0.15) is 18.6 Å². The number of halogens is 3. The Labute approximate surface area is 164 Å². The van der Waals surface area contributed by atoms with Gasteiger partial charge < -0.3 is 4.74 Å². The summed E-state index contributed by atoms with van der Waals surface area (Å²) in [5.41, 5.74) is 0.246. The number of nitrogens with one attached hydrogen (secondary N) is 2. The minimum absolute atomic E-state index is 0.0629. The molecule has 1 atom stereocenters. The van der Waals surface area contributed by atoms with Gasteiger partial charge in [-0.3, -0.25) is 9.71 Å². The molecule has 29 heavy (non-hydrogen) atoms. The summed E-state index contributed by atoms with van der Waals surface area (Å²) in [7, 11) is -4.09. The highest BCUT2D eigenvalue weighted by Gasteiger charge is 2.44. The van der Waals surface area contributed by atoms with Crippen LogP contribution in [0, 0.1) is 0 Å². The Hall–Kier alpha value is -2.99. The van der Waals surface area contributed by atoms with Crippen LogP contribution < -0.4 is 14.2 Å². The molecule has 2 aromatic heterocycles. The van der Waals surface area contributed by atoms with Gasteiger partial charge in [-0.1, -0.05) is 25.1 Å². The lowest BCUT2D eigenvalue weighted by molar-refractivity contribution is -0.198. The summed E-state index contributed by atoms with van der Waals surface area (Å²) in [5.74, 6) is -1.08.